The predicted octanol–water partition coefficient (Wildman–Crippen LogP) is 0.925. The van der Waals surface area contributed by atoms with E-state index in [-0.39, 0.29) is 17.0 Å². The van der Waals surface area contributed by atoms with Crippen molar-refractivity contribution >= 4 is 21.7 Å². The van der Waals surface area contributed by atoms with Crippen molar-refractivity contribution in [3.63, 3.8) is 0 Å². The zero-order valence-electron chi connectivity index (χ0n) is 8.46. The van der Waals surface area contributed by atoms with Gasteiger partial charge in [0.2, 0.25) is 10.0 Å². The summed E-state index contributed by atoms with van der Waals surface area (Å²) >= 11 is 0. The van der Waals surface area contributed by atoms with E-state index in [1.807, 2.05) is 0 Å². The molecule has 1 N–H and O–H groups in total. The van der Waals surface area contributed by atoms with Gasteiger partial charge in [-0.3, -0.25) is 4.31 Å². The minimum Gasteiger partial charge on any atom is -0.478 e. The van der Waals surface area contributed by atoms with E-state index in [1.165, 1.54) is 16.4 Å². The Morgan fingerprint density at radius 2 is 2.00 bits per heavy atom. The van der Waals surface area contributed by atoms with Crippen LogP contribution in [0.5, 0.6) is 0 Å². The second kappa shape index (κ2) is 3.79. The molecular formula is C10H11NO4S. The van der Waals surface area contributed by atoms with Crippen LogP contribution < -0.4 is 4.31 Å². The summed E-state index contributed by atoms with van der Waals surface area (Å²) in [6, 6.07) is 6.14. The first-order chi connectivity index (χ1) is 7.52. The van der Waals surface area contributed by atoms with Crippen molar-refractivity contribution in [2.24, 2.45) is 0 Å². The number of para-hydroxylation sites is 1. The highest BCUT2D eigenvalue weighted by Gasteiger charge is 2.30. The van der Waals surface area contributed by atoms with Crippen molar-refractivity contribution in [2.75, 3.05) is 16.6 Å². The highest BCUT2D eigenvalue weighted by molar-refractivity contribution is 7.93. The smallest absolute Gasteiger partial charge is 0.337 e. The molecule has 0 amide bonds. The standard InChI is InChI=1S/C10H11NO4S/c12-10(13)8-4-1-2-5-9(8)11-6-3-7-16(11,14)15/h1-2,4-5H,3,6-7H2,(H,12,13). The molecule has 6 heteroatoms. The minimum absolute atomic E-state index is 0.0213. The molecule has 1 aliphatic rings. The van der Waals surface area contributed by atoms with Crippen LogP contribution in [0.25, 0.3) is 0 Å². The fourth-order valence-electron chi connectivity index (χ4n) is 1.78. The fourth-order valence-corrected chi connectivity index (χ4v) is 3.36. The summed E-state index contributed by atoms with van der Waals surface area (Å²) in [6.45, 7) is 0.354. The molecule has 2 rings (SSSR count). The van der Waals surface area contributed by atoms with Crippen LogP contribution in [0.15, 0.2) is 24.3 Å². The number of carbonyl (C=O) groups is 1. The summed E-state index contributed by atoms with van der Waals surface area (Å²) in [6.07, 6.45) is 0.538. The van der Waals surface area contributed by atoms with Gasteiger partial charge >= 0.3 is 5.97 Å². The molecule has 0 spiro atoms. The van der Waals surface area contributed by atoms with Crippen LogP contribution in [0.4, 0.5) is 5.69 Å². The third-order valence-electron chi connectivity index (χ3n) is 2.50. The van der Waals surface area contributed by atoms with Crippen molar-refractivity contribution in [2.45, 2.75) is 6.42 Å². The Labute approximate surface area is 93.4 Å². The third-order valence-corrected chi connectivity index (χ3v) is 4.36. The molecule has 1 aromatic rings. The lowest BCUT2D eigenvalue weighted by Crippen LogP contribution is -2.26. The average molecular weight is 241 g/mol. The number of anilines is 1. The molecule has 1 saturated heterocycles. The first-order valence-corrected chi connectivity index (χ1v) is 6.46. The van der Waals surface area contributed by atoms with E-state index in [0.717, 1.165) is 0 Å². The Morgan fingerprint density at radius 1 is 1.31 bits per heavy atom. The lowest BCUT2D eigenvalue weighted by Gasteiger charge is -2.18. The highest BCUT2D eigenvalue weighted by atomic mass is 32.2. The first kappa shape index (κ1) is 10.9. The summed E-state index contributed by atoms with van der Waals surface area (Å²) < 4.78 is 24.5. The summed E-state index contributed by atoms with van der Waals surface area (Å²) in [5, 5.41) is 8.97. The van der Waals surface area contributed by atoms with Crippen LogP contribution in [0.3, 0.4) is 0 Å². The van der Waals surface area contributed by atoms with Gasteiger partial charge in [-0.2, -0.15) is 0 Å². The van der Waals surface area contributed by atoms with E-state index in [4.69, 9.17) is 5.11 Å². The van der Waals surface area contributed by atoms with Crippen molar-refractivity contribution in [3.8, 4) is 0 Å². The highest BCUT2D eigenvalue weighted by Crippen LogP contribution is 2.27. The second-order valence-electron chi connectivity index (χ2n) is 3.56. The Morgan fingerprint density at radius 3 is 2.56 bits per heavy atom. The van der Waals surface area contributed by atoms with E-state index in [9.17, 15) is 13.2 Å². The summed E-state index contributed by atoms with van der Waals surface area (Å²) in [4.78, 5) is 11.0. The van der Waals surface area contributed by atoms with Crippen LogP contribution in [0.1, 0.15) is 16.8 Å². The fraction of sp³-hybridized carbons (Fsp3) is 0.300. The number of hydrogen-bond acceptors (Lipinski definition) is 3. The number of sulfonamides is 1. The first-order valence-electron chi connectivity index (χ1n) is 4.85. The number of nitrogens with zero attached hydrogens (tertiary/aromatic N) is 1. The molecule has 0 radical (unpaired) electrons. The van der Waals surface area contributed by atoms with Crippen molar-refractivity contribution < 1.29 is 18.3 Å². The maximum atomic E-state index is 11.7. The van der Waals surface area contributed by atoms with Crippen LogP contribution in [0, 0.1) is 0 Å². The molecule has 5 nitrogen and oxygen atoms in total. The predicted molar refractivity (Wildman–Crippen MR) is 59.2 cm³/mol. The summed E-state index contributed by atoms with van der Waals surface area (Å²) in [5.74, 6) is -1.03. The average Bonchev–Trinajstić information content (AvgIpc) is 2.58. The Kier molecular flexibility index (Phi) is 2.59. The normalized spacial score (nSPS) is 18.6. The molecule has 0 atom stereocenters. The SMILES string of the molecule is O=C(O)c1ccccc1N1CCCS1(=O)=O. The Bertz CT molecular complexity index is 523. The van der Waals surface area contributed by atoms with Gasteiger partial charge in [0.15, 0.2) is 0 Å². The topological polar surface area (TPSA) is 74.7 Å². The van der Waals surface area contributed by atoms with Gasteiger partial charge in [0.05, 0.1) is 17.0 Å². The van der Waals surface area contributed by atoms with Crippen LogP contribution in [0.2, 0.25) is 0 Å². The lowest BCUT2D eigenvalue weighted by molar-refractivity contribution is 0.0698. The molecule has 1 aliphatic heterocycles. The van der Waals surface area contributed by atoms with Crippen LogP contribution in [-0.4, -0.2) is 31.8 Å². The molecular weight excluding hydrogens is 230 g/mol. The number of rotatable bonds is 2. The van der Waals surface area contributed by atoms with Crippen molar-refractivity contribution in [3.05, 3.63) is 29.8 Å². The summed E-state index contributed by atoms with van der Waals surface area (Å²) in [5.41, 5.74) is 0.278. The monoisotopic (exact) mass is 241 g/mol. The molecule has 1 heterocycles. The third kappa shape index (κ3) is 1.76. The number of carboxylic acids is 1. The molecule has 86 valence electrons. The van der Waals surface area contributed by atoms with E-state index in [2.05, 4.69) is 0 Å². The van der Waals surface area contributed by atoms with Crippen molar-refractivity contribution in [1.82, 2.24) is 0 Å². The van der Waals surface area contributed by atoms with Crippen LogP contribution >= 0.6 is 0 Å². The molecule has 0 saturated carbocycles. The zero-order chi connectivity index (χ0) is 11.8. The number of carboxylic acid groups (broad SMARTS) is 1. The number of aromatic carboxylic acids is 1. The van der Waals surface area contributed by atoms with Gasteiger partial charge in [0.25, 0.3) is 0 Å². The second-order valence-corrected chi connectivity index (χ2v) is 5.58. The Hall–Kier alpha value is -1.56. The van der Waals surface area contributed by atoms with E-state index < -0.39 is 16.0 Å². The van der Waals surface area contributed by atoms with E-state index in [0.29, 0.717) is 13.0 Å². The lowest BCUT2D eigenvalue weighted by atomic mass is 10.2. The molecule has 1 aromatic carbocycles. The molecule has 1 fully saturated rings. The number of benzene rings is 1. The van der Waals surface area contributed by atoms with Gasteiger partial charge in [0, 0.05) is 6.54 Å². The van der Waals surface area contributed by atoms with Gasteiger partial charge in [-0.25, -0.2) is 13.2 Å². The molecule has 16 heavy (non-hydrogen) atoms. The molecule has 0 aliphatic carbocycles. The van der Waals surface area contributed by atoms with Gasteiger partial charge in [0.1, 0.15) is 0 Å². The largest absolute Gasteiger partial charge is 0.478 e. The quantitative estimate of drug-likeness (QED) is 0.835. The van der Waals surface area contributed by atoms with Crippen molar-refractivity contribution in [1.29, 1.82) is 0 Å². The van der Waals surface area contributed by atoms with Gasteiger partial charge in [-0.1, -0.05) is 12.1 Å². The van der Waals surface area contributed by atoms with E-state index in [1.54, 1.807) is 12.1 Å². The molecule has 0 bridgehead atoms. The molecule has 0 aromatic heterocycles. The maximum absolute atomic E-state index is 11.7. The van der Waals surface area contributed by atoms with Gasteiger partial charge < -0.3 is 5.11 Å². The molecule has 0 unspecified atom stereocenters. The number of hydrogen-bond donors (Lipinski definition) is 1. The van der Waals surface area contributed by atoms with Gasteiger partial charge in [-0.05, 0) is 18.6 Å². The Balaban J connectivity index is 2.52. The summed E-state index contributed by atoms with van der Waals surface area (Å²) in [7, 11) is -3.33. The van der Waals surface area contributed by atoms with Gasteiger partial charge in [-0.15, -0.1) is 0 Å². The van der Waals surface area contributed by atoms with E-state index >= 15 is 0 Å². The zero-order valence-corrected chi connectivity index (χ0v) is 9.27. The van der Waals surface area contributed by atoms with Crippen LogP contribution in [-0.2, 0) is 10.0 Å². The minimum atomic E-state index is -3.33. The maximum Gasteiger partial charge on any atom is 0.337 e.